The van der Waals surface area contributed by atoms with E-state index in [1.165, 1.54) is 14.2 Å². The van der Waals surface area contributed by atoms with Gasteiger partial charge < -0.3 is 24.8 Å². The molecule has 36 heavy (non-hydrogen) atoms. The summed E-state index contributed by atoms with van der Waals surface area (Å²) in [4.78, 5) is 38.0. The molecule has 0 saturated carbocycles. The van der Waals surface area contributed by atoms with E-state index in [1.807, 2.05) is 12.1 Å². The molecule has 1 aliphatic heterocycles. The molecule has 2 amide bonds. The smallest absolute Gasteiger partial charge is 0.319 e. The number of ether oxygens (including phenoxy) is 3. The summed E-state index contributed by atoms with van der Waals surface area (Å²) in [6, 6.07) is 14.5. The Hall–Kier alpha value is -3.49. The number of nitrogens with one attached hydrogen (secondary N) is 2. The van der Waals surface area contributed by atoms with Gasteiger partial charge in [-0.2, -0.15) is 5.26 Å². The molecule has 2 atom stereocenters. The van der Waals surface area contributed by atoms with Gasteiger partial charge in [0.2, 0.25) is 11.8 Å². The van der Waals surface area contributed by atoms with E-state index < -0.39 is 23.7 Å². The second-order valence-corrected chi connectivity index (χ2v) is 9.47. The van der Waals surface area contributed by atoms with Crippen LogP contribution in [0.4, 0.5) is 0 Å². The molecule has 9 nitrogen and oxygen atoms in total. The first-order chi connectivity index (χ1) is 17.3. The van der Waals surface area contributed by atoms with Gasteiger partial charge in [0, 0.05) is 12.5 Å². The van der Waals surface area contributed by atoms with Crippen molar-refractivity contribution in [1.82, 2.24) is 10.6 Å². The fraction of sp³-hybridized carbons (Fsp3) is 0.280. The van der Waals surface area contributed by atoms with Gasteiger partial charge in [-0.25, -0.2) is 0 Å². The predicted octanol–water partition coefficient (Wildman–Crippen LogP) is 3.25. The molecule has 2 aromatic carbocycles. The number of esters is 1. The molecule has 3 rings (SSSR count). The fourth-order valence-corrected chi connectivity index (χ4v) is 5.13. The Morgan fingerprint density at radius 2 is 1.86 bits per heavy atom. The van der Waals surface area contributed by atoms with Crippen molar-refractivity contribution < 1.29 is 28.6 Å². The van der Waals surface area contributed by atoms with E-state index in [-0.39, 0.29) is 22.3 Å². The molecule has 1 heterocycles. The molecular weight excluding hydrogens is 550 g/mol. The minimum atomic E-state index is -1.27. The first-order valence-electron chi connectivity index (χ1n) is 10.7. The maximum atomic E-state index is 12.9. The van der Waals surface area contributed by atoms with Crippen LogP contribution < -0.4 is 20.1 Å². The number of allylic oxidation sites excluding steroid dienone is 1. The van der Waals surface area contributed by atoms with Crippen LogP contribution >= 0.6 is 27.7 Å². The standard InChI is InChI=1S/C25H24BrN3O6S/c1-33-16-7-4-14(5-8-16)12-28-20(30)13-36-24-17(11-27)21(22(23(31)29-24)25(32)35-3)15-6-9-19(34-2)18(26)10-15/h4-10,21-22H,12-13H2,1-3H3,(H,28,30)(H,29,31)/t21-,22+/m1/s1. The number of benzene rings is 2. The summed E-state index contributed by atoms with van der Waals surface area (Å²) in [7, 11) is 4.28. The van der Waals surface area contributed by atoms with Gasteiger partial charge in [0.1, 0.15) is 17.4 Å². The molecule has 1 aliphatic rings. The summed E-state index contributed by atoms with van der Waals surface area (Å²) >= 11 is 4.43. The number of carbonyl (C=O) groups excluding carboxylic acids is 3. The molecule has 0 fully saturated rings. The highest BCUT2D eigenvalue weighted by Gasteiger charge is 2.44. The molecule has 11 heteroatoms. The molecule has 0 aliphatic carbocycles. The molecule has 0 radical (unpaired) electrons. The third-order valence-electron chi connectivity index (χ3n) is 5.52. The number of carbonyl (C=O) groups is 3. The van der Waals surface area contributed by atoms with E-state index in [4.69, 9.17) is 14.2 Å². The van der Waals surface area contributed by atoms with Crippen molar-refractivity contribution in [2.75, 3.05) is 27.1 Å². The molecule has 2 N–H and O–H groups in total. The number of rotatable bonds is 9. The zero-order valence-corrected chi connectivity index (χ0v) is 22.2. The van der Waals surface area contributed by atoms with Crippen LogP contribution in [0.2, 0.25) is 0 Å². The van der Waals surface area contributed by atoms with Crippen LogP contribution in [0.5, 0.6) is 11.5 Å². The number of thioether (sulfide) groups is 1. The van der Waals surface area contributed by atoms with Crippen molar-refractivity contribution in [3.8, 4) is 17.6 Å². The Balaban J connectivity index is 1.82. The summed E-state index contributed by atoms with van der Waals surface area (Å²) < 4.78 is 15.8. The number of nitriles is 1. The Bertz CT molecular complexity index is 1230. The van der Waals surface area contributed by atoms with Gasteiger partial charge in [-0.15, -0.1) is 0 Å². The highest BCUT2D eigenvalue weighted by Crippen LogP contribution is 2.42. The van der Waals surface area contributed by atoms with Crippen LogP contribution in [-0.4, -0.2) is 44.9 Å². The largest absolute Gasteiger partial charge is 0.497 e. The summed E-state index contributed by atoms with van der Waals surface area (Å²) in [5.74, 6) is -2.60. The lowest BCUT2D eigenvalue weighted by Gasteiger charge is -2.31. The lowest BCUT2D eigenvalue weighted by molar-refractivity contribution is -0.150. The van der Waals surface area contributed by atoms with E-state index in [1.54, 1.807) is 37.4 Å². The number of halogens is 1. The van der Waals surface area contributed by atoms with Gasteiger partial charge in [-0.1, -0.05) is 30.0 Å². The van der Waals surface area contributed by atoms with Crippen molar-refractivity contribution in [3.05, 3.63) is 68.7 Å². The summed E-state index contributed by atoms with van der Waals surface area (Å²) in [5.41, 5.74) is 1.60. The van der Waals surface area contributed by atoms with Crippen LogP contribution in [0.25, 0.3) is 0 Å². The molecule has 0 bridgehead atoms. The van der Waals surface area contributed by atoms with Gasteiger partial charge in [0.25, 0.3) is 0 Å². The van der Waals surface area contributed by atoms with Gasteiger partial charge >= 0.3 is 5.97 Å². The van der Waals surface area contributed by atoms with Crippen LogP contribution in [0.1, 0.15) is 17.0 Å². The average molecular weight is 574 g/mol. The molecule has 0 saturated heterocycles. The zero-order valence-electron chi connectivity index (χ0n) is 19.8. The molecule has 188 valence electrons. The predicted molar refractivity (Wildman–Crippen MR) is 137 cm³/mol. The molecule has 0 aromatic heterocycles. The maximum absolute atomic E-state index is 12.9. The SMILES string of the molecule is COC(=O)[C@@H]1C(=O)NC(SCC(=O)NCc2ccc(OC)cc2)=C(C#N)[C@H]1c1ccc(OC)c(Br)c1. The minimum Gasteiger partial charge on any atom is -0.497 e. The lowest BCUT2D eigenvalue weighted by Crippen LogP contribution is -2.44. The van der Waals surface area contributed by atoms with Crippen LogP contribution in [-0.2, 0) is 25.7 Å². The monoisotopic (exact) mass is 573 g/mol. The second-order valence-electron chi connectivity index (χ2n) is 7.63. The fourth-order valence-electron chi connectivity index (χ4n) is 3.69. The van der Waals surface area contributed by atoms with Gasteiger partial charge in [0.15, 0.2) is 0 Å². The van der Waals surface area contributed by atoms with E-state index >= 15 is 0 Å². The number of hydrogen-bond donors (Lipinski definition) is 2. The lowest BCUT2D eigenvalue weighted by atomic mass is 9.78. The normalized spacial score (nSPS) is 17.0. The van der Waals surface area contributed by atoms with Gasteiger partial charge in [-0.05, 0) is 51.3 Å². The van der Waals surface area contributed by atoms with Crippen molar-refractivity contribution in [1.29, 1.82) is 5.26 Å². The van der Waals surface area contributed by atoms with E-state index in [0.717, 1.165) is 17.3 Å². The van der Waals surface area contributed by atoms with E-state index in [9.17, 15) is 19.6 Å². The van der Waals surface area contributed by atoms with Gasteiger partial charge in [-0.3, -0.25) is 14.4 Å². The van der Waals surface area contributed by atoms with E-state index in [0.29, 0.717) is 28.1 Å². The Kier molecular flexibility index (Phi) is 9.38. The minimum absolute atomic E-state index is 0.0428. The maximum Gasteiger partial charge on any atom is 0.319 e. The van der Waals surface area contributed by atoms with Gasteiger partial charge in [0.05, 0.1) is 48.2 Å². The van der Waals surface area contributed by atoms with Crippen LogP contribution in [0.3, 0.4) is 0 Å². The zero-order chi connectivity index (χ0) is 26.2. The quantitative estimate of drug-likeness (QED) is 0.345. The van der Waals surface area contributed by atoms with Crippen molar-refractivity contribution in [2.45, 2.75) is 12.5 Å². The van der Waals surface area contributed by atoms with Crippen LogP contribution in [0, 0.1) is 17.2 Å². The Morgan fingerprint density at radius 1 is 1.14 bits per heavy atom. The number of nitrogens with zero attached hydrogens (tertiary/aromatic N) is 1. The molecule has 0 unspecified atom stereocenters. The van der Waals surface area contributed by atoms with Crippen molar-refractivity contribution >= 4 is 45.5 Å². The first-order valence-corrected chi connectivity index (χ1v) is 12.5. The first kappa shape index (κ1) is 27.1. The summed E-state index contributed by atoms with van der Waals surface area (Å²) in [5, 5.41) is 15.6. The number of amides is 2. The topological polar surface area (TPSA) is 127 Å². The van der Waals surface area contributed by atoms with Crippen molar-refractivity contribution in [3.63, 3.8) is 0 Å². The molecule has 0 spiro atoms. The highest BCUT2D eigenvalue weighted by molar-refractivity contribution is 9.10. The number of methoxy groups -OCH3 is 3. The highest BCUT2D eigenvalue weighted by atomic mass is 79.9. The second kappa shape index (κ2) is 12.5. The third-order valence-corrected chi connectivity index (χ3v) is 7.15. The van der Waals surface area contributed by atoms with Crippen LogP contribution in [0.15, 0.2) is 57.5 Å². The average Bonchev–Trinajstić information content (AvgIpc) is 2.89. The summed E-state index contributed by atoms with van der Waals surface area (Å²) in [6.07, 6.45) is 0. The number of hydrogen-bond acceptors (Lipinski definition) is 8. The summed E-state index contributed by atoms with van der Waals surface area (Å²) in [6.45, 7) is 0.312. The van der Waals surface area contributed by atoms with E-state index in [2.05, 4.69) is 32.6 Å². The van der Waals surface area contributed by atoms with Crippen molar-refractivity contribution in [2.24, 2.45) is 5.92 Å². The Labute approximate surface area is 221 Å². The third kappa shape index (κ3) is 6.19. The molecular formula is C25H24BrN3O6S. The molecule has 2 aromatic rings. The Morgan fingerprint density at radius 3 is 2.44 bits per heavy atom.